The van der Waals surface area contributed by atoms with Crippen molar-refractivity contribution in [2.24, 2.45) is 0 Å². The quantitative estimate of drug-likeness (QED) is 0.267. The lowest BCUT2D eigenvalue weighted by molar-refractivity contribution is -0.119. The van der Waals surface area contributed by atoms with Crippen LogP contribution in [-0.4, -0.2) is 66.6 Å². The summed E-state index contributed by atoms with van der Waals surface area (Å²) in [5, 5.41) is 3.48. The van der Waals surface area contributed by atoms with E-state index in [0.29, 0.717) is 35.4 Å². The fraction of sp³-hybridized carbons (Fsp3) is 0.529. The first-order valence-corrected chi connectivity index (χ1v) is 17.0. The number of pyridine rings is 2. The van der Waals surface area contributed by atoms with E-state index in [2.05, 4.69) is 49.4 Å². The summed E-state index contributed by atoms with van der Waals surface area (Å²) in [6.45, 7) is 17.5. The second kappa shape index (κ2) is 16.0. The average Bonchev–Trinajstić information content (AvgIpc) is 3.57. The van der Waals surface area contributed by atoms with Crippen molar-refractivity contribution in [3.63, 3.8) is 0 Å². The summed E-state index contributed by atoms with van der Waals surface area (Å²) in [4.78, 5) is 56.0. The van der Waals surface area contributed by atoms with Crippen LogP contribution in [0.1, 0.15) is 84.7 Å². The number of aryl methyl sites for hydroxylation is 1. The summed E-state index contributed by atoms with van der Waals surface area (Å²) >= 11 is 3.28. The number of fused-ring (bicyclic) bond motifs is 3. The lowest BCUT2D eigenvalue weighted by Crippen LogP contribution is -2.45. The Morgan fingerprint density at radius 3 is 2.35 bits per heavy atom. The second-order valence-corrected chi connectivity index (χ2v) is 13.5. The van der Waals surface area contributed by atoms with Crippen LogP contribution in [0, 0.1) is 6.92 Å². The van der Waals surface area contributed by atoms with Gasteiger partial charge in [-0.2, -0.15) is 18.5 Å². The van der Waals surface area contributed by atoms with Crippen molar-refractivity contribution in [2.45, 2.75) is 110 Å². The van der Waals surface area contributed by atoms with Gasteiger partial charge in [-0.15, -0.1) is 13.2 Å². The molecule has 49 heavy (non-hydrogen) atoms. The van der Waals surface area contributed by atoms with E-state index in [1.165, 1.54) is 6.20 Å². The van der Waals surface area contributed by atoms with Gasteiger partial charge in [0.2, 0.25) is 11.9 Å². The first-order valence-electron chi connectivity index (χ1n) is 16.2. The van der Waals surface area contributed by atoms with Gasteiger partial charge in [0.25, 0.3) is 11.5 Å². The maximum atomic E-state index is 14.8. The van der Waals surface area contributed by atoms with Crippen LogP contribution < -0.4 is 15.8 Å². The lowest BCUT2D eigenvalue weighted by Gasteiger charge is -2.31. The minimum atomic E-state index is -3.03. The summed E-state index contributed by atoms with van der Waals surface area (Å²) < 4.78 is 36.5. The maximum absolute atomic E-state index is 14.8. The number of rotatable bonds is 4. The number of nitrogens with zero attached hydrogens (tertiary/aromatic N) is 6. The third-order valence-corrected chi connectivity index (χ3v) is 9.49. The largest absolute Gasteiger partial charge is 0.444 e. The van der Waals surface area contributed by atoms with E-state index < -0.39 is 29.2 Å². The maximum Gasteiger partial charge on any atom is 0.410 e. The zero-order chi connectivity index (χ0) is 35.6. The molecule has 268 valence electrons. The molecule has 0 spiro atoms. The number of amides is 2. The number of carbonyl (C=O) groups excluding carboxylic acids is 2. The number of halogens is 3. The topological polar surface area (TPSA) is 123 Å². The zero-order valence-electron chi connectivity index (χ0n) is 28.9. The van der Waals surface area contributed by atoms with Crippen molar-refractivity contribution in [3.05, 3.63) is 58.1 Å². The van der Waals surface area contributed by atoms with Crippen LogP contribution in [0.15, 0.2) is 47.0 Å². The van der Waals surface area contributed by atoms with E-state index in [1.807, 2.05) is 34.6 Å². The molecule has 3 aromatic heterocycles. The molecular formula is C34H46BrF2N7O4S. The highest BCUT2D eigenvalue weighted by Crippen LogP contribution is 2.44. The fourth-order valence-corrected chi connectivity index (χ4v) is 6.84. The third-order valence-electron chi connectivity index (χ3n) is 8.55. The van der Waals surface area contributed by atoms with Gasteiger partial charge < -0.3 is 15.0 Å². The van der Waals surface area contributed by atoms with E-state index in [0.717, 1.165) is 17.4 Å². The molecule has 3 fully saturated rings. The van der Waals surface area contributed by atoms with E-state index >= 15 is 0 Å². The SMILES string of the molecule is C=C.CC.Cc1c(Br)c(=O)n(C2CCCC2(F)F)c2nc(Nc3ccc(N4CC5CCC(CC4=O)N5C(=O)OC(C)(C)C)cn3)ncc12.S. The van der Waals surface area contributed by atoms with Gasteiger partial charge in [0.1, 0.15) is 23.1 Å². The zero-order valence-corrected chi connectivity index (χ0v) is 31.4. The van der Waals surface area contributed by atoms with Crippen molar-refractivity contribution < 1.29 is 23.1 Å². The minimum absolute atomic E-state index is 0. The molecular weight excluding hydrogens is 720 g/mol. The van der Waals surface area contributed by atoms with E-state index in [-0.39, 0.29) is 66.8 Å². The number of hydrogen-bond donors (Lipinski definition) is 1. The molecule has 3 aromatic rings. The lowest BCUT2D eigenvalue weighted by atomic mass is 10.1. The second-order valence-electron chi connectivity index (χ2n) is 12.7. The molecule has 3 unspecified atom stereocenters. The van der Waals surface area contributed by atoms with E-state index in [9.17, 15) is 23.2 Å². The summed E-state index contributed by atoms with van der Waals surface area (Å²) in [5.41, 5.74) is 0.0704. The molecule has 3 atom stereocenters. The molecule has 2 saturated heterocycles. The number of anilines is 3. The Kier molecular flexibility index (Phi) is 13.0. The third kappa shape index (κ3) is 8.25. The normalized spacial score (nSPS) is 21.1. The summed E-state index contributed by atoms with van der Waals surface area (Å²) in [6.07, 6.45) is 4.55. The van der Waals surface area contributed by atoms with Crippen LogP contribution in [0.25, 0.3) is 11.0 Å². The molecule has 2 bridgehead atoms. The molecule has 3 aliphatic rings. The van der Waals surface area contributed by atoms with Gasteiger partial charge in [-0.25, -0.2) is 23.5 Å². The predicted octanol–water partition coefficient (Wildman–Crippen LogP) is 7.81. The Labute approximate surface area is 301 Å². The fourth-order valence-electron chi connectivity index (χ4n) is 6.44. The average molecular weight is 767 g/mol. The summed E-state index contributed by atoms with van der Waals surface area (Å²) in [7, 11) is 0. The standard InChI is InChI=1S/C30H34BrF2N7O4.C2H6.C2H4.H2S/c1-16-20-14-35-27(37-25(20)40(26(42)24(16)31)21-6-5-11-30(21,32)33)36-22-10-9-18(13-34-22)38-15-19-8-7-17(12-23(38)41)39(19)28(43)44-29(2,3)4;2*1-2;/h9-10,13-14,17,19,21H,5-8,11-12,15H2,1-4H3,(H,34,35,36,37);1-2H3;1-2H2;1H2. The molecule has 1 aliphatic carbocycles. The number of nitrogens with one attached hydrogen (secondary N) is 1. The number of alkyl halides is 2. The minimum Gasteiger partial charge on any atom is -0.444 e. The van der Waals surface area contributed by atoms with Crippen molar-refractivity contribution >= 4 is 69.9 Å². The Morgan fingerprint density at radius 1 is 1.08 bits per heavy atom. The number of ether oxygens (including phenoxy) is 1. The molecule has 15 heteroatoms. The Morgan fingerprint density at radius 2 is 1.76 bits per heavy atom. The molecule has 0 radical (unpaired) electrons. The highest BCUT2D eigenvalue weighted by Gasteiger charge is 2.47. The predicted molar refractivity (Wildman–Crippen MR) is 196 cm³/mol. The van der Waals surface area contributed by atoms with Gasteiger partial charge in [-0.1, -0.05) is 13.8 Å². The smallest absolute Gasteiger partial charge is 0.410 e. The molecule has 2 amide bonds. The van der Waals surface area contributed by atoms with Gasteiger partial charge in [-0.3, -0.25) is 19.1 Å². The number of carbonyl (C=O) groups is 2. The molecule has 2 aliphatic heterocycles. The molecule has 11 nitrogen and oxygen atoms in total. The van der Waals surface area contributed by atoms with Crippen molar-refractivity contribution in [1.29, 1.82) is 0 Å². The first-order chi connectivity index (χ1) is 22.7. The van der Waals surface area contributed by atoms with Gasteiger partial charge in [0, 0.05) is 37.0 Å². The highest BCUT2D eigenvalue weighted by atomic mass is 79.9. The molecule has 0 aromatic carbocycles. The van der Waals surface area contributed by atoms with E-state index in [4.69, 9.17) is 4.74 Å². The van der Waals surface area contributed by atoms with Crippen molar-refractivity contribution in [2.75, 3.05) is 16.8 Å². The van der Waals surface area contributed by atoms with Gasteiger partial charge in [0.05, 0.1) is 22.4 Å². The molecule has 1 N–H and O–H groups in total. The van der Waals surface area contributed by atoms with Crippen LogP contribution in [0.4, 0.5) is 31.0 Å². The molecule has 6 rings (SSSR count). The Bertz CT molecular complexity index is 1720. The van der Waals surface area contributed by atoms with Gasteiger partial charge in [-0.05, 0) is 87.0 Å². The van der Waals surface area contributed by atoms with Crippen LogP contribution in [-0.2, 0) is 9.53 Å². The van der Waals surface area contributed by atoms with Crippen LogP contribution in [0.5, 0.6) is 0 Å². The van der Waals surface area contributed by atoms with Gasteiger partial charge >= 0.3 is 6.09 Å². The highest BCUT2D eigenvalue weighted by molar-refractivity contribution is 9.10. The van der Waals surface area contributed by atoms with Gasteiger partial charge in [0.15, 0.2) is 0 Å². The van der Waals surface area contributed by atoms with Crippen LogP contribution in [0.3, 0.4) is 0 Å². The van der Waals surface area contributed by atoms with Crippen molar-refractivity contribution in [1.82, 2.24) is 24.4 Å². The Hall–Kier alpha value is -3.59. The monoisotopic (exact) mass is 765 g/mol. The van der Waals surface area contributed by atoms with Crippen LogP contribution >= 0.6 is 29.4 Å². The summed E-state index contributed by atoms with van der Waals surface area (Å²) in [5.74, 6) is -2.68. The molecule has 5 heterocycles. The molecule has 1 saturated carbocycles. The summed E-state index contributed by atoms with van der Waals surface area (Å²) in [6, 6.07) is 1.72. The van der Waals surface area contributed by atoms with E-state index in [1.54, 1.807) is 35.1 Å². The Balaban J connectivity index is 0.00000125. The van der Waals surface area contributed by atoms with Crippen molar-refractivity contribution in [3.8, 4) is 0 Å². The number of aromatic nitrogens is 4. The number of hydrogen-bond acceptors (Lipinski definition) is 8. The first kappa shape index (κ1) is 39.8. The van der Waals surface area contributed by atoms with Crippen LogP contribution in [0.2, 0.25) is 0 Å².